The molecule has 1 amide bonds. The number of thioether (sulfide) groups is 1. The zero-order valence-electron chi connectivity index (χ0n) is 12.9. The van der Waals surface area contributed by atoms with Crippen molar-refractivity contribution in [2.75, 3.05) is 11.1 Å². The van der Waals surface area contributed by atoms with Crippen molar-refractivity contribution in [3.63, 3.8) is 0 Å². The van der Waals surface area contributed by atoms with Crippen LogP contribution in [-0.2, 0) is 4.79 Å². The number of hydrogen-bond acceptors (Lipinski definition) is 5. The van der Waals surface area contributed by atoms with Crippen LogP contribution in [0.15, 0.2) is 29.4 Å². The third kappa shape index (κ3) is 4.02. The number of para-hydroxylation sites is 2. The van der Waals surface area contributed by atoms with Gasteiger partial charge in [0.15, 0.2) is 5.16 Å². The number of rotatable bonds is 7. The Morgan fingerprint density at radius 3 is 2.88 bits per heavy atom. The summed E-state index contributed by atoms with van der Waals surface area (Å²) in [6.07, 6.45) is 2.19. The smallest absolute Gasteiger partial charge is 0.387 e. The van der Waals surface area contributed by atoms with Crippen LogP contribution in [0.4, 0.5) is 14.5 Å². The van der Waals surface area contributed by atoms with E-state index in [1.165, 1.54) is 23.9 Å². The summed E-state index contributed by atoms with van der Waals surface area (Å²) in [5.74, 6) is 0.542. The average molecular weight is 354 g/mol. The number of nitrogens with zero attached hydrogens (tertiary/aromatic N) is 3. The van der Waals surface area contributed by atoms with E-state index in [1.54, 1.807) is 12.1 Å². The van der Waals surface area contributed by atoms with E-state index in [4.69, 9.17) is 0 Å². The van der Waals surface area contributed by atoms with Gasteiger partial charge in [0.2, 0.25) is 5.91 Å². The Kier molecular flexibility index (Phi) is 4.98. The number of aryl methyl sites for hydroxylation is 1. The molecule has 0 atom stereocenters. The summed E-state index contributed by atoms with van der Waals surface area (Å²) in [6.45, 7) is -1.06. The Morgan fingerprint density at radius 1 is 1.42 bits per heavy atom. The first-order valence-electron chi connectivity index (χ1n) is 7.42. The first-order chi connectivity index (χ1) is 11.5. The molecule has 1 fully saturated rings. The second-order valence-corrected chi connectivity index (χ2v) is 6.28. The van der Waals surface area contributed by atoms with Crippen molar-refractivity contribution < 1.29 is 18.3 Å². The number of alkyl halides is 2. The van der Waals surface area contributed by atoms with Crippen molar-refractivity contribution in [3.8, 4) is 5.75 Å². The molecule has 0 aliphatic heterocycles. The number of nitrogens with one attached hydrogen (secondary N) is 1. The molecular formula is C15H16F2N4O2S. The quantitative estimate of drug-likeness (QED) is 0.773. The topological polar surface area (TPSA) is 69.0 Å². The van der Waals surface area contributed by atoms with Crippen LogP contribution in [0.25, 0.3) is 0 Å². The largest absolute Gasteiger partial charge is 0.433 e. The minimum atomic E-state index is -2.95. The fourth-order valence-corrected chi connectivity index (χ4v) is 3.14. The summed E-state index contributed by atoms with van der Waals surface area (Å²) in [6, 6.07) is 6.50. The van der Waals surface area contributed by atoms with E-state index in [0.717, 1.165) is 18.7 Å². The molecule has 0 saturated heterocycles. The van der Waals surface area contributed by atoms with Crippen LogP contribution < -0.4 is 10.1 Å². The van der Waals surface area contributed by atoms with Crippen molar-refractivity contribution in [1.82, 2.24) is 14.8 Å². The third-order valence-electron chi connectivity index (χ3n) is 3.46. The Bertz CT molecular complexity index is 734. The molecule has 6 nitrogen and oxygen atoms in total. The van der Waals surface area contributed by atoms with Crippen molar-refractivity contribution in [1.29, 1.82) is 0 Å². The Labute approximate surface area is 141 Å². The number of ether oxygens (including phenoxy) is 1. The Hall–Kier alpha value is -2.16. The molecule has 1 N–H and O–H groups in total. The van der Waals surface area contributed by atoms with Gasteiger partial charge < -0.3 is 14.6 Å². The molecule has 0 radical (unpaired) electrons. The van der Waals surface area contributed by atoms with E-state index in [1.807, 2.05) is 11.5 Å². The van der Waals surface area contributed by atoms with Gasteiger partial charge in [0, 0.05) is 6.04 Å². The van der Waals surface area contributed by atoms with E-state index in [0.29, 0.717) is 11.2 Å². The lowest BCUT2D eigenvalue weighted by atomic mass is 10.3. The molecule has 0 spiro atoms. The lowest BCUT2D eigenvalue weighted by molar-refractivity contribution is -0.113. The molecule has 1 aliphatic carbocycles. The van der Waals surface area contributed by atoms with Crippen LogP contribution in [0.5, 0.6) is 5.75 Å². The monoisotopic (exact) mass is 354 g/mol. The van der Waals surface area contributed by atoms with Gasteiger partial charge in [-0.25, -0.2) is 0 Å². The highest BCUT2D eigenvalue weighted by atomic mass is 32.2. The molecule has 1 saturated carbocycles. The zero-order chi connectivity index (χ0) is 17.1. The molecule has 1 aromatic carbocycles. The maximum atomic E-state index is 12.4. The van der Waals surface area contributed by atoms with Crippen LogP contribution in [0, 0.1) is 6.92 Å². The number of amides is 1. The SMILES string of the molecule is Cc1nnc(SCC(=O)Nc2ccccc2OC(F)F)n1C1CC1. The lowest BCUT2D eigenvalue weighted by Gasteiger charge is -2.11. The molecule has 0 unspecified atom stereocenters. The van der Waals surface area contributed by atoms with Gasteiger partial charge in [-0.3, -0.25) is 4.79 Å². The van der Waals surface area contributed by atoms with Gasteiger partial charge >= 0.3 is 6.61 Å². The minimum absolute atomic E-state index is 0.0668. The van der Waals surface area contributed by atoms with Gasteiger partial charge in [0.05, 0.1) is 11.4 Å². The number of halogens is 2. The van der Waals surface area contributed by atoms with Gasteiger partial charge in [0.25, 0.3) is 0 Å². The van der Waals surface area contributed by atoms with Crippen LogP contribution in [0.2, 0.25) is 0 Å². The normalized spacial score (nSPS) is 14.0. The first-order valence-corrected chi connectivity index (χ1v) is 8.41. The predicted molar refractivity (Wildman–Crippen MR) is 85.5 cm³/mol. The predicted octanol–water partition coefficient (Wildman–Crippen LogP) is 3.25. The average Bonchev–Trinajstić information content (AvgIpc) is 3.30. The number of benzene rings is 1. The molecule has 1 aromatic heterocycles. The fourth-order valence-electron chi connectivity index (χ4n) is 2.29. The number of anilines is 1. The van der Waals surface area contributed by atoms with E-state index < -0.39 is 6.61 Å². The second kappa shape index (κ2) is 7.16. The van der Waals surface area contributed by atoms with Gasteiger partial charge in [-0.2, -0.15) is 8.78 Å². The number of carbonyl (C=O) groups is 1. The third-order valence-corrected chi connectivity index (χ3v) is 4.40. The van der Waals surface area contributed by atoms with Crippen LogP contribution >= 0.6 is 11.8 Å². The van der Waals surface area contributed by atoms with Crippen molar-refractivity contribution in [2.45, 2.75) is 37.6 Å². The molecule has 1 aliphatic rings. The summed E-state index contributed by atoms with van der Waals surface area (Å²) in [4.78, 5) is 12.1. The highest BCUT2D eigenvalue weighted by molar-refractivity contribution is 7.99. The summed E-state index contributed by atoms with van der Waals surface area (Å²) >= 11 is 1.27. The summed E-state index contributed by atoms with van der Waals surface area (Å²) in [5.41, 5.74) is 0.211. The second-order valence-electron chi connectivity index (χ2n) is 5.34. The van der Waals surface area contributed by atoms with Gasteiger partial charge in [-0.1, -0.05) is 23.9 Å². The highest BCUT2D eigenvalue weighted by Gasteiger charge is 2.28. The Balaban J connectivity index is 1.61. The molecular weight excluding hydrogens is 338 g/mol. The molecule has 2 aromatic rings. The van der Waals surface area contributed by atoms with Crippen LogP contribution in [0.3, 0.4) is 0 Å². The van der Waals surface area contributed by atoms with E-state index in [2.05, 4.69) is 20.3 Å². The van der Waals surface area contributed by atoms with Crippen LogP contribution in [0.1, 0.15) is 24.7 Å². The highest BCUT2D eigenvalue weighted by Crippen LogP contribution is 2.38. The summed E-state index contributed by atoms with van der Waals surface area (Å²) in [5, 5.41) is 11.4. The van der Waals surface area contributed by atoms with Crippen LogP contribution in [-0.4, -0.2) is 33.0 Å². The van der Waals surface area contributed by atoms with E-state index in [9.17, 15) is 13.6 Å². The molecule has 1 heterocycles. The number of hydrogen-bond donors (Lipinski definition) is 1. The van der Waals surface area contributed by atoms with Gasteiger partial charge in [0.1, 0.15) is 11.6 Å². The maximum absolute atomic E-state index is 12.4. The van der Waals surface area contributed by atoms with E-state index in [-0.39, 0.29) is 23.1 Å². The molecule has 9 heteroatoms. The molecule has 24 heavy (non-hydrogen) atoms. The maximum Gasteiger partial charge on any atom is 0.387 e. The fraction of sp³-hybridized carbons (Fsp3) is 0.400. The van der Waals surface area contributed by atoms with Gasteiger partial charge in [-0.05, 0) is 31.9 Å². The zero-order valence-corrected chi connectivity index (χ0v) is 13.7. The van der Waals surface area contributed by atoms with Crippen molar-refractivity contribution in [3.05, 3.63) is 30.1 Å². The standard InChI is InChI=1S/C15H16F2N4O2S/c1-9-19-20-15(21(9)10-6-7-10)24-8-13(22)18-11-4-2-3-5-12(11)23-14(16)17/h2-5,10,14H,6-8H2,1H3,(H,18,22). The summed E-state index contributed by atoms with van der Waals surface area (Å²) < 4.78 is 31.2. The summed E-state index contributed by atoms with van der Waals surface area (Å²) in [7, 11) is 0. The number of aromatic nitrogens is 3. The molecule has 0 bridgehead atoms. The van der Waals surface area contributed by atoms with Crippen molar-refractivity contribution in [2.24, 2.45) is 0 Å². The Morgan fingerprint density at radius 2 is 2.17 bits per heavy atom. The number of carbonyl (C=O) groups excluding carboxylic acids is 1. The minimum Gasteiger partial charge on any atom is -0.433 e. The van der Waals surface area contributed by atoms with Crippen molar-refractivity contribution >= 4 is 23.4 Å². The van der Waals surface area contributed by atoms with Gasteiger partial charge in [-0.15, -0.1) is 10.2 Å². The lowest BCUT2D eigenvalue weighted by Crippen LogP contribution is -2.16. The van der Waals surface area contributed by atoms with E-state index >= 15 is 0 Å². The first kappa shape index (κ1) is 16.7. The molecule has 3 rings (SSSR count). The molecule has 128 valence electrons.